The molecular formula is C25H22N6. The van der Waals surface area contributed by atoms with Crippen LogP contribution < -0.4 is 0 Å². The average molecular weight is 406 g/mol. The van der Waals surface area contributed by atoms with Crippen molar-refractivity contribution in [3.05, 3.63) is 108 Å². The van der Waals surface area contributed by atoms with Gasteiger partial charge in [0.05, 0.1) is 25.5 Å². The summed E-state index contributed by atoms with van der Waals surface area (Å²) in [5.74, 6) is 0. The topological polar surface area (TPSA) is 61.4 Å². The van der Waals surface area contributed by atoms with Crippen LogP contribution in [-0.4, -0.2) is 30.0 Å². The van der Waals surface area contributed by atoms with Crippen molar-refractivity contribution in [2.75, 3.05) is 0 Å². The fraction of sp³-hybridized carbons (Fsp3) is 0.120. The Kier molecular flexibility index (Phi) is 5.10. The second-order valence-electron chi connectivity index (χ2n) is 7.66. The number of aromatic nitrogens is 6. The number of aryl methyl sites for hydroxylation is 1. The lowest BCUT2D eigenvalue weighted by Gasteiger charge is -2.08. The fourth-order valence-electron chi connectivity index (χ4n) is 3.74. The predicted molar refractivity (Wildman–Crippen MR) is 120 cm³/mol. The molecule has 0 radical (unpaired) electrons. The van der Waals surface area contributed by atoms with Crippen LogP contribution in [0.3, 0.4) is 0 Å². The van der Waals surface area contributed by atoms with Crippen molar-refractivity contribution in [2.24, 2.45) is 0 Å². The number of nitrogens with zero attached hydrogens (tertiary/aromatic N) is 6. The summed E-state index contributed by atoms with van der Waals surface area (Å²) in [5, 5.41) is 17.2. The molecule has 6 nitrogen and oxygen atoms in total. The van der Waals surface area contributed by atoms with E-state index in [1.165, 1.54) is 16.7 Å². The zero-order valence-electron chi connectivity index (χ0n) is 17.3. The third-order valence-electron chi connectivity index (χ3n) is 5.10. The van der Waals surface area contributed by atoms with Gasteiger partial charge in [-0.1, -0.05) is 94.9 Å². The third kappa shape index (κ3) is 4.43. The molecule has 31 heavy (non-hydrogen) atoms. The molecule has 2 aromatic heterocycles. The highest BCUT2D eigenvalue weighted by Gasteiger charge is 2.08. The molecule has 0 spiro atoms. The van der Waals surface area contributed by atoms with Gasteiger partial charge in [-0.15, -0.1) is 10.2 Å². The molecule has 0 aliphatic heterocycles. The van der Waals surface area contributed by atoms with Crippen molar-refractivity contribution in [3.8, 4) is 22.5 Å². The van der Waals surface area contributed by atoms with E-state index >= 15 is 0 Å². The Morgan fingerprint density at radius 3 is 1.52 bits per heavy atom. The summed E-state index contributed by atoms with van der Waals surface area (Å²) in [4.78, 5) is 0. The van der Waals surface area contributed by atoms with Crippen LogP contribution in [0.15, 0.2) is 91.3 Å². The molecule has 0 aliphatic carbocycles. The van der Waals surface area contributed by atoms with E-state index in [0.29, 0.717) is 13.1 Å². The molecule has 5 rings (SSSR count). The molecule has 0 bridgehead atoms. The number of benzene rings is 3. The quantitative estimate of drug-likeness (QED) is 0.413. The Balaban J connectivity index is 1.33. The molecule has 6 heteroatoms. The fourth-order valence-corrected chi connectivity index (χ4v) is 3.74. The molecule has 5 aromatic rings. The SMILES string of the molecule is Cc1cc(Cn2cc(-c3ccccc3)nn2)cc(Cn2cc(-c3ccccc3)nn2)c1. The van der Waals surface area contributed by atoms with Gasteiger partial charge in [0.2, 0.25) is 0 Å². The van der Waals surface area contributed by atoms with Gasteiger partial charge in [0.25, 0.3) is 0 Å². The summed E-state index contributed by atoms with van der Waals surface area (Å²) in [6.07, 6.45) is 3.97. The summed E-state index contributed by atoms with van der Waals surface area (Å²) in [7, 11) is 0. The minimum absolute atomic E-state index is 0.668. The highest BCUT2D eigenvalue weighted by molar-refractivity contribution is 5.57. The predicted octanol–water partition coefficient (Wildman–Crippen LogP) is 4.61. The molecular weight excluding hydrogens is 384 g/mol. The first kappa shape index (κ1) is 18.9. The number of rotatable bonds is 6. The van der Waals surface area contributed by atoms with Crippen molar-refractivity contribution in [2.45, 2.75) is 20.0 Å². The van der Waals surface area contributed by atoms with E-state index in [2.05, 4.69) is 45.7 Å². The van der Waals surface area contributed by atoms with Crippen LogP contribution >= 0.6 is 0 Å². The van der Waals surface area contributed by atoms with Gasteiger partial charge in [0, 0.05) is 11.1 Å². The zero-order chi connectivity index (χ0) is 21.0. The molecule has 152 valence electrons. The minimum Gasteiger partial charge on any atom is -0.247 e. The smallest absolute Gasteiger partial charge is 0.113 e. The lowest BCUT2D eigenvalue weighted by molar-refractivity contribution is 0.638. The first-order chi connectivity index (χ1) is 15.2. The van der Waals surface area contributed by atoms with E-state index < -0.39 is 0 Å². The lowest BCUT2D eigenvalue weighted by atomic mass is 10.1. The first-order valence-corrected chi connectivity index (χ1v) is 10.2. The highest BCUT2D eigenvalue weighted by atomic mass is 15.4. The van der Waals surface area contributed by atoms with Crippen molar-refractivity contribution in [1.82, 2.24) is 30.0 Å². The molecule has 2 heterocycles. The maximum Gasteiger partial charge on any atom is 0.113 e. The van der Waals surface area contributed by atoms with Gasteiger partial charge in [-0.2, -0.15) is 0 Å². The molecule has 0 aliphatic rings. The van der Waals surface area contributed by atoms with Crippen molar-refractivity contribution < 1.29 is 0 Å². The number of hydrogen-bond donors (Lipinski definition) is 0. The van der Waals surface area contributed by atoms with Gasteiger partial charge in [0.1, 0.15) is 11.4 Å². The van der Waals surface area contributed by atoms with Gasteiger partial charge in [0.15, 0.2) is 0 Å². The van der Waals surface area contributed by atoms with Crippen LogP contribution in [0.2, 0.25) is 0 Å². The maximum atomic E-state index is 4.32. The molecule has 0 N–H and O–H groups in total. The van der Waals surface area contributed by atoms with E-state index in [4.69, 9.17) is 0 Å². The largest absolute Gasteiger partial charge is 0.247 e. The van der Waals surface area contributed by atoms with Crippen LogP contribution in [0.5, 0.6) is 0 Å². The summed E-state index contributed by atoms with van der Waals surface area (Å²) in [6, 6.07) is 26.8. The van der Waals surface area contributed by atoms with E-state index in [9.17, 15) is 0 Å². The summed E-state index contributed by atoms with van der Waals surface area (Å²) in [6.45, 7) is 3.45. The van der Waals surface area contributed by atoms with Crippen LogP contribution in [0.1, 0.15) is 16.7 Å². The highest BCUT2D eigenvalue weighted by Crippen LogP contribution is 2.18. The van der Waals surface area contributed by atoms with Crippen LogP contribution in [0.25, 0.3) is 22.5 Å². The third-order valence-corrected chi connectivity index (χ3v) is 5.10. The van der Waals surface area contributed by atoms with Crippen LogP contribution in [0, 0.1) is 6.92 Å². The normalized spacial score (nSPS) is 11.0. The van der Waals surface area contributed by atoms with Crippen molar-refractivity contribution in [1.29, 1.82) is 0 Å². The Morgan fingerprint density at radius 2 is 1.06 bits per heavy atom. The molecule has 0 fully saturated rings. The Morgan fingerprint density at radius 1 is 0.613 bits per heavy atom. The van der Waals surface area contributed by atoms with Gasteiger partial charge >= 0.3 is 0 Å². The van der Waals surface area contributed by atoms with Crippen molar-refractivity contribution in [3.63, 3.8) is 0 Å². The molecule has 0 atom stereocenters. The average Bonchev–Trinajstić information content (AvgIpc) is 3.44. The van der Waals surface area contributed by atoms with E-state index in [1.54, 1.807) is 0 Å². The van der Waals surface area contributed by atoms with Gasteiger partial charge in [-0.05, 0) is 18.1 Å². The molecule has 0 unspecified atom stereocenters. The Hall–Kier alpha value is -4.06. The maximum absolute atomic E-state index is 4.32. The molecule has 3 aromatic carbocycles. The standard InChI is InChI=1S/C25H22N6/c1-19-12-20(15-30-17-24(26-28-30)22-8-4-2-5-9-22)14-21(13-19)16-31-18-25(27-29-31)23-10-6-3-7-11-23/h2-14,17-18H,15-16H2,1H3. The summed E-state index contributed by atoms with van der Waals surface area (Å²) < 4.78 is 3.76. The minimum atomic E-state index is 0.668. The lowest BCUT2D eigenvalue weighted by Crippen LogP contribution is -2.04. The molecule has 0 saturated carbocycles. The van der Waals surface area contributed by atoms with Crippen molar-refractivity contribution >= 4 is 0 Å². The van der Waals surface area contributed by atoms with E-state index in [1.807, 2.05) is 82.4 Å². The zero-order valence-corrected chi connectivity index (χ0v) is 17.3. The van der Waals surface area contributed by atoms with Crippen LogP contribution in [0.4, 0.5) is 0 Å². The van der Waals surface area contributed by atoms with Gasteiger partial charge in [-0.3, -0.25) is 0 Å². The monoisotopic (exact) mass is 406 g/mol. The second kappa shape index (κ2) is 8.36. The van der Waals surface area contributed by atoms with E-state index in [-0.39, 0.29) is 0 Å². The summed E-state index contributed by atoms with van der Waals surface area (Å²) >= 11 is 0. The molecule has 0 amide bonds. The first-order valence-electron chi connectivity index (χ1n) is 10.2. The number of hydrogen-bond acceptors (Lipinski definition) is 4. The Labute approximate surface area is 180 Å². The van der Waals surface area contributed by atoms with Gasteiger partial charge in [-0.25, -0.2) is 9.36 Å². The molecule has 0 saturated heterocycles. The summed E-state index contributed by atoms with van der Waals surface area (Å²) in [5.41, 5.74) is 7.47. The Bertz CT molecular complexity index is 1190. The van der Waals surface area contributed by atoms with Gasteiger partial charge < -0.3 is 0 Å². The van der Waals surface area contributed by atoms with Crippen LogP contribution in [-0.2, 0) is 13.1 Å². The second-order valence-corrected chi connectivity index (χ2v) is 7.66. The van der Waals surface area contributed by atoms with E-state index in [0.717, 1.165) is 22.5 Å².